The van der Waals surface area contributed by atoms with Crippen LogP contribution in [0.4, 0.5) is 0 Å². The predicted molar refractivity (Wildman–Crippen MR) is 57.3 cm³/mol. The van der Waals surface area contributed by atoms with Crippen molar-refractivity contribution < 1.29 is 9.84 Å². The Kier molecular flexibility index (Phi) is 4.85. The van der Waals surface area contributed by atoms with Crippen molar-refractivity contribution in [1.29, 1.82) is 0 Å². The molecule has 1 N–H and O–H groups in total. The quantitative estimate of drug-likeness (QED) is 0.670. The molecule has 1 aliphatic rings. The number of hydrogen-bond donors (Lipinski definition) is 1. The fourth-order valence-corrected chi connectivity index (χ4v) is 1.52. The normalized spacial score (nSPS) is 19.3. The van der Waals surface area contributed by atoms with E-state index in [4.69, 9.17) is 4.74 Å². The Labute approximate surface area is 87.1 Å². The highest BCUT2D eigenvalue weighted by Crippen LogP contribution is 2.27. The third kappa shape index (κ3) is 3.95. The molecule has 1 rings (SSSR count). The molecular weight excluding hydrogens is 178 g/mol. The molecule has 3 heteroatoms. The van der Waals surface area contributed by atoms with E-state index in [9.17, 15) is 5.11 Å². The summed E-state index contributed by atoms with van der Waals surface area (Å²) in [6, 6.07) is 0.707. The molecule has 0 amide bonds. The van der Waals surface area contributed by atoms with Gasteiger partial charge >= 0.3 is 0 Å². The molecule has 0 aromatic carbocycles. The zero-order valence-corrected chi connectivity index (χ0v) is 9.57. The Morgan fingerprint density at radius 2 is 2.07 bits per heavy atom. The monoisotopic (exact) mass is 201 g/mol. The first kappa shape index (κ1) is 12.0. The Balaban J connectivity index is 2.27. The van der Waals surface area contributed by atoms with Crippen molar-refractivity contribution >= 4 is 0 Å². The second kappa shape index (κ2) is 5.69. The van der Waals surface area contributed by atoms with E-state index in [1.165, 1.54) is 12.8 Å². The molecule has 1 fully saturated rings. The van der Waals surface area contributed by atoms with Crippen molar-refractivity contribution in [2.45, 2.75) is 38.8 Å². The van der Waals surface area contributed by atoms with Crippen molar-refractivity contribution in [3.63, 3.8) is 0 Å². The van der Waals surface area contributed by atoms with Crippen LogP contribution in [0.5, 0.6) is 0 Å². The number of aliphatic hydroxyl groups is 1. The number of rotatable bonds is 7. The van der Waals surface area contributed by atoms with Gasteiger partial charge in [-0.3, -0.25) is 4.90 Å². The first-order valence-electron chi connectivity index (χ1n) is 5.56. The Morgan fingerprint density at radius 1 is 1.43 bits per heavy atom. The van der Waals surface area contributed by atoms with Crippen LogP contribution in [-0.2, 0) is 4.74 Å². The minimum atomic E-state index is -0.201. The van der Waals surface area contributed by atoms with Crippen molar-refractivity contribution in [2.75, 3.05) is 26.8 Å². The molecule has 14 heavy (non-hydrogen) atoms. The van der Waals surface area contributed by atoms with Gasteiger partial charge in [-0.1, -0.05) is 13.8 Å². The summed E-state index contributed by atoms with van der Waals surface area (Å²) in [7, 11) is 1.73. The number of hydrogen-bond acceptors (Lipinski definition) is 3. The van der Waals surface area contributed by atoms with E-state index >= 15 is 0 Å². The fourth-order valence-electron chi connectivity index (χ4n) is 1.52. The van der Waals surface area contributed by atoms with E-state index in [1.54, 1.807) is 7.11 Å². The second-order valence-corrected chi connectivity index (χ2v) is 4.53. The molecule has 3 nitrogen and oxygen atoms in total. The van der Waals surface area contributed by atoms with Gasteiger partial charge in [0, 0.05) is 26.2 Å². The van der Waals surface area contributed by atoms with Gasteiger partial charge in [0.1, 0.15) is 0 Å². The van der Waals surface area contributed by atoms with Gasteiger partial charge in [-0.05, 0) is 18.8 Å². The molecule has 1 aliphatic carbocycles. The smallest absolute Gasteiger partial charge is 0.0690 e. The molecule has 0 aromatic heterocycles. The van der Waals surface area contributed by atoms with Gasteiger partial charge in [0.2, 0.25) is 0 Å². The summed E-state index contributed by atoms with van der Waals surface area (Å²) in [6.07, 6.45) is 2.37. The topological polar surface area (TPSA) is 32.7 Å². The Hall–Kier alpha value is -0.120. The summed E-state index contributed by atoms with van der Waals surface area (Å²) in [5.74, 6) is 0.346. The van der Waals surface area contributed by atoms with E-state index in [0.717, 1.165) is 19.7 Å². The van der Waals surface area contributed by atoms with Crippen molar-refractivity contribution in [3.8, 4) is 0 Å². The molecule has 1 unspecified atom stereocenters. The lowest BCUT2D eigenvalue weighted by Gasteiger charge is -2.26. The molecule has 0 bridgehead atoms. The maximum absolute atomic E-state index is 9.79. The van der Waals surface area contributed by atoms with Gasteiger partial charge in [0.25, 0.3) is 0 Å². The lowest BCUT2D eigenvalue weighted by atomic mass is 10.1. The van der Waals surface area contributed by atoms with E-state index in [-0.39, 0.29) is 6.10 Å². The standard InChI is InChI=1S/C11H23NO2/c1-9(2)11(13)8-12(6-7-14-3)10-4-5-10/h9-11,13H,4-8H2,1-3H3. The first-order chi connectivity index (χ1) is 6.65. The lowest BCUT2D eigenvalue weighted by Crippen LogP contribution is -2.38. The minimum Gasteiger partial charge on any atom is -0.392 e. The van der Waals surface area contributed by atoms with Crippen LogP contribution >= 0.6 is 0 Å². The highest BCUT2D eigenvalue weighted by Gasteiger charge is 2.30. The molecule has 1 atom stereocenters. The third-order valence-corrected chi connectivity index (χ3v) is 2.84. The van der Waals surface area contributed by atoms with Gasteiger partial charge in [0.05, 0.1) is 12.7 Å². The summed E-state index contributed by atoms with van der Waals surface area (Å²) in [6.45, 7) is 6.64. The SMILES string of the molecule is COCCN(CC(O)C(C)C)C1CC1. The summed E-state index contributed by atoms with van der Waals surface area (Å²) >= 11 is 0. The number of methoxy groups -OCH3 is 1. The average Bonchev–Trinajstić information content (AvgIpc) is 2.94. The second-order valence-electron chi connectivity index (χ2n) is 4.53. The van der Waals surface area contributed by atoms with Crippen LogP contribution < -0.4 is 0 Å². The average molecular weight is 201 g/mol. The molecule has 0 heterocycles. The highest BCUT2D eigenvalue weighted by atomic mass is 16.5. The molecular formula is C11H23NO2. The Bertz CT molecular complexity index is 157. The van der Waals surface area contributed by atoms with Crippen LogP contribution in [0.1, 0.15) is 26.7 Å². The zero-order valence-electron chi connectivity index (χ0n) is 9.57. The maximum atomic E-state index is 9.79. The van der Waals surface area contributed by atoms with E-state index in [2.05, 4.69) is 18.7 Å². The molecule has 0 saturated heterocycles. The van der Waals surface area contributed by atoms with Crippen LogP contribution in [0.2, 0.25) is 0 Å². The van der Waals surface area contributed by atoms with Crippen molar-refractivity contribution in [2.24, 2.45) is 5.92 Å². The first-order valence-corrected chi connectivity index (χ1v) is 5.56. The molecule has 84 valence electrons. The van der Waals surface area contributed by atoms with Gasteiger partial charge in [-0.2, -0.15) is 0 Å². The van der Waals surface area contributed by atoms with E-state index in [0.29, 0.717) is 12.0 Å². The molecule has 0 spiro atoms. The summed E-state index contributed by atoms with van der Waals surface area (Å²) in [4.78, 5) is 2.36. The summed E-state index contributed by atoms with van der Waals surface area (Å²) in [5, 5.41) is 9.79. The highest BCUT2D eigenvalue weighted by molar-refractivity contribution is 4.85. The summed E-state index contributed by atoms with van der Waals surface area (Å²) in [5.41, 5.74) is 0. The number of ether oxygens (including phenoxy) is 1. The predicted octanol–water partition coefficient (Wildman–Crippen LogP) is 1.11. The van der Waals surface area contributed by atoms with Crippen molar-refractivity contribution in [3.05, 3.63) is 0 Å². The largest absolute Gasteiger partial charge is 0.392 e. The van der Waals surface area contributed by atoms with Gasteiger partial charge < -0.3 is 9.84 Å². The van der Waals surface area contributed by atoms with Gasteiger partial charge in [0.15, 0.2) is 0 Å². The van der Waals surface area contributed by atoms with Crippen LogP contribution in [0.3, 0.4) is 0 Å². The summed E-state index contributed by atoms with van der Waals surface area (Å²) < 4.78 is 5.07. The number of aliphatic hydroxyl groups excluding tert-OH is 1. The van der Waals surface area contributed by atoms with Crippen LogP contribution in [-0.4, -0.2) is 49.0 Å². The lowest BCUT2D eigenvalue weighted by molar-refractivity contribution is 0.0589. The van der Waals surface area contributed by atoms with Gasteiger partial charge in [-0.25, -0.2) is 0 Å². The minimum absolute atomic E-state index is 0.201. The van der Waals surface area contributed by atoms with Crippen molar-refractivity contribution in [1.82, 2.24) is 4.90 Å². The van der Waals surface area contributed by atoms with Crippen LogP contribution in [0, 0.1) is 5.92 Å². The molecule has 0 aliphatic heterocycles. The Morgan fingerprint density at radius 3 is 2.50 bits per heavy atom. The zero-order chi connectivity index (χ0) is 10.6. The molecule has 1 saturated carbocycles. The maximum Gasteiger partial charge on any atom is 0.0690 e. The van der Waals surface area contributed by atoms with Gasteiger partial charge in [-0.15, -0.1) is 0 Å². The molecule has 0 aromatic rings. The van der Waals surface area contributed by atoms with E-state index in [1.807, 2.05) is 0 Å². The fraction of sp³-hybridized carbons (Fsp3) is 1.00. The van der Waals surface area contributed by atoms with Crippen LogP contribution in [0.15, 0.2) is 0 Å². The number of nitrogens with zero attached hydrogens (tertiary/aromatic N) is 1. The molecule has 0 radical (unpaired) electrons. The van der Waals surface area contributed by atoms with Crippen LogP contribution in [0.25, 0.3) is 0 Å². The third-order valence-electron chi connectivity index (χ3n) is 2.84. The van der Waals surface area contributed by atoms with E-state index < -0.39 is 0 Å².